The quantitative estimate of drug-likeness (QED) is 0.681. The summed E-state index contributed by atoms with van der Waals surface area (Å²) in [6.45, 7) is 2.96. The van der Waals surface area contributed by atoms with Gasteiger partial charge in [-0.15, -0.1) is 0 Å². The average molecular weight is 288 g/mol. The molecule has 6 heteroatoms. The number of nitrogens with one attached hydrogen (secondary N) is 4. The van der Waals surface area contributed by atoms with E-state index in [1.165, 1.54) is 0 Å². The van der Waals surface area contributed by atoms with Gasteiger partial charge in [0, 0.05) is 12.5 Å². The summed E-state index contributed by atoms with van der Waals surface area (Å²) in [6, 6.07) is 5.89. The number of rotatable bonds is 4. The maximum atomic E-state index is 12.0. The molecular formula is C15H20N4O2. The van der Waals surface area contributed by atoms with Crippen molar-refractivity contribution in [3.8, 4) is 0 Å². The Morgan fingerprint density at radius 3 is 2.95 bits per heavy atom. The summed E-state index contributed by atoms with van der Waals surface area (Å²) in [5.74, 6) is 0.0598. The Bertz CT molecular complexity index is 697. The maximum absolute atomic E-state index is 12.0. The summed E-state index contributed by atoms with van der Waals surface area (Å²) < 4.78 is 0. The lowest BCUT2D eigenvalue weighted by atomic mass is 10.1. The minimum Gasteiger partial charge on any atom is -0.350 e. The number of hydrogen-bond donors (Lipinski definition) is 4. The standard InChI is InChI=1S/C15H20N4O2/c1-9(17-14(20)8-11-3-2-6-16-11)10-4-5-12-13(7-10)19-15(21)18-12/h4-5,7,9,11,16H,2-3,6,8H2,1H3,(H,17,20)(H2,18,19,21). The summed E-state index contributed by atoms with van der Waals surface area (Å²) in [4.78, 5) is 28.7. The van der Waals surface area contributed by atoms with Gasteiger partial charge in [0.15, 0.2) is 0 Å². The van der Waals surface area contributed by atoms with Crippen LogP contribution in [0.3, 0.4) is 0 Å². The second kappa shape index (κ2) is 5.73. The van der Waals surface area contributed by atoms with Crippen LogP contribution in [0.4, 0.5) is 0 Å². The highest BCUT2D eigenvalue weighted by Crippen LogP contribution is 2.17. The number of fused-ring (bicyclic) bond motifs is 1. The Hall–Kier alpha value is -2.08. The molecule has 0 saturated carbocycles. The van der Waals surface area contributed by atoms with E-state index >= 15 is 0 Å². The van der Waals surface area contributed by atoms with Gasteiger partial charge in [0.05, 0.1) is 17.1 Å². The van der Waals surface area contributed by atoms with E-state index in [1.807, 2.05) is 25.1 Å². The van der Waals surface area contributed by atoms with Gasteiger partial charge in [-0.3, -0.25) is 4.79 Å². The van der Waals surface area contributed by atoms with Crippen LogP contribution in [0.15, 0.2) is 23.0 Å². The van der Waals surface area contributed by atoms with E-state index in [9.17, 15) is 9.59 Å². The van der Waals surface area contributed by atoms with Gasteiger partial charge in [-0.1, -0.05) is 6.07 Å². The molecule has 1 amide bonds. The van der Waals surface area contributed by atoms with Gasteiger partial charge >= 0.3 is 5.69 Å². The number of amides is 1. The summed E-state index contributed by atoms with van der Waals surface area (Å²) in [7, 11) is 0. The van der Waals surface area contributed by atoms with Crippen LogP contribution in [-0.4, -0.2) is 28.5 Å². The van der Waals surface area contributed by atoms with Crippen LogP contribution >= 0.6 is 0 Å². The van der Waals surface area contributed by atoms with Crippen LogP contribution in [0.2, 0.25) is 0 Å². The molecule has 1 fully saturated rings. The Kier molecular flexibility index (Phi) is 3.79. The zero-order valence-electron chi connectivity index (χ0n) is 12.0. The van der Waals surface area contributed by atoms with Gasteiger partial charge in [0.25, 0.3) is 0 Å². The zero-order valence-corrected chi connectivity index (χ0v) is 12.0. The molecule has 21 heavy (non-hydrogen) atoms. The molecule has 1 saturated heterocycles. The third kappa shape index (κ3) is 3.16. The molecule has 1 aromatic heterocycles. The summed E-state index contributed by atoms with van der Waals surface area (Å²) in [5, 5.41) is 6.34. The van der Waals surface area contributed by atoms with E-state index in [0.717, 1.165) is 36.0 Å². The third-order valence-electron chi connectivity index (χ3n) is 4.01. The van der Waals surface area contributed by atoms with Crippen molar-refractivity contribution in [2.45, 2.75) is 38.3 Å². The number of benzene rings is 1. The van der Waals surface area contributed by atoms with Crippen LogP contribution in [0.25, 0.3) is 11.0 Å². The Morgan fingerprint density at radius 2 is 2.19 bits per heavy atom. The molecule has 6 nitrogen and oxygen atoms in total. The van der Waals surface area contributed by atoms with Crippen molar-refractivity contribution in [3.63, 3.8) is 0 Å². The lowest BCUT2D eigenvalue weighted by Crippen LogP contribution is -2.33. The normalized spacial score (nSPS) is 19.8. The molecule has 1 aliphatic rings. The maximum Gasteiger partial charge on any atom is 0.323 e. The van der Waals surface area contributed by atoms with Gasteiger partial charge in [0.1, 0.15) is 0 Å². The molecule has 4 N–H and O–H groups in total. The summed E-state index contributed by atoms with van der Waals surface area (Å²) >= 11 is 0. The first-order valence-corrected chi connectivity index (χ1v) is 7.36. The minimum absolute atomic E-state index is 0.0598. The second-order valence-corrected chi connectivity index (χ2v) is 5.67. The fraction of sp³-hybridized carbons (Fsp3) is 0.467. The van der Waals surface area contributed by atoms with Gasteiger partial charge in [-0.25, -0.2) is 4.79 Å². The Labute approximate surface area is 122 Å². The number of imidazole rings is 1. The molecule has 0 bridgehead atoms. The van der Waals surface area contributed by atoms with Crippen molar-refractivity contribution in [2.24, 2.45) is 0 Å². The first kappa shape index (κ1) is 13.9. The molecule has 0 radical (unpaired) electrons. The van der Waals surface area contributed by atoms with Crippen molar-refractivity contribution in [1.29, 1.82) is 0 Å². The second-order valence-electron chi connectivity index (χ2n) is 5.67. The zero-order chi connectivity index (χ0) is 14.8. The topological polar surface area (TPSA) is 89.8 Å². The SMILES string of the molecule is CC(NC(=O)CC1CCCN1)c1ccc2[nH]c(=O)[nH]c2c1. The van der Waals surface area contributed by atoms with Gasteiger partial charge in [-0.2, -0.15) is 0 Å². The van der Waals surface area contributed by atoms with Crippen molar-refractivity contribution in [2.75, 3.05) is 6.54 Å². The third-order valence-corrected chi connectivity index (χ3v) is 4.01. The molecular weight excluding hydrogens is 268 g/mol. The van der Waals surface area contributed by atoms with Crippen LogP contribution in [0.5, 0.6) is 0 Å². The van der Waals surface area contributed by atoms with Crippen molar-refractivity contribution in [1.82, 2.24) is 20.6 Å². The van der Waals surface area contributed by atoms with E-state index in [-0.39, 0.29) is 17.6 Å². The molecule has 1 aromatic carbocycles. The van der Waals surface area contributed by atoms with Gasteiger partial charge < -0.3 is 20.6 Å². The highest BCUT2D eigenvalue weighted by molar-refractivity contribution is 5.78. The van der Waals surface area contributed by atoms with Crippen molar-refractivity contribution < 1.29 is 4.79 Å². The molecule has 1 aliphatic heterocycles. The largest absolute Gasteiger partial charge is 0.350 e. The molecule has 112 valence electrons. The first-order valence-electron chi connectivity index (χ1n) is 7.36. The van der Waals surface area contributed by atoms with Crippen molar-refractivity contribution >= 4 is 16.9 Å². The van der Waals surface area contributed by atoms with E-state index < -0.39 is 0 Å². The monoisotopic (exact) mass is 288 g/mol. The van der Waals surface area contributed by atoms with E-state index in [0.29, 0.717) is 12.5 Å². The molecule has 0 aliphatic carbocycles. The Balaban J connectivity index is 1.66. The first-order chi connectivity index (χ1) is 10.1. The number of hydrogen-bond acceptors (Lipinski definition) is 3. The van der Waals surface area contributed by atoms with E-state index in [4.69, 9.17) is 0 Å². The fourth-order valence-corrected chi connectivity index (χ4v) is 2.86. The lowest BCUT2D eigenvalue weighted by Gasteiger charge is -2.16. The number of H-pyrrole nitrogens is 2. The van der Waals surface area contributed by atoms with Gasteiger partial charge in [0.2, 0.25) is 5.91 Å². The van der Waals surface area contributed by atoms with Crippen LogP contribution in [0.1, 0.15) is 37.8 Å². The number of aromatic nitrogens is 2. The van der Waals surface area contributed by atoms with Crippen LogP contribution in [0, 0.1) is 0 Å². The van der Waals surface area contributed by atoms with E-state index in [1.54, 1.807) is 0 Å². The lowest BCUT2D eigenvalue weighted by molar-refractivity contribution is -0.122. The predicted molar refractivity (Wildman–Crippen MR) is 81.1 cm³/mol. The number of aromatic amines is 2. The van der Waals surface area contributed by atoms with E-state index in [2.05, 4.69) is 20.6 Å². The summed E-state index contributed by atoms with van der Waals surface area (Å²) in [5.41, 5.74) is 2.30. The highest BCUT2D eigenvalue weighted by atomic mass is 16.2. The summed E-state index contributed by atoms with van der Waals surface area (Å²) in [6.07, 6.45) is 2.73. The fourth-order valence-electron chi connectivity index (χ4n) is 2.86. The predicted octanol–water partition coefficient (Wildman–Crippen LogP) is 1.18. The molecule has 3 rings (SSSR count). The van der Waals surface area contributed by atoms with Crippen LogP contribution < -0.4 is 16.3 Å². The minimum atomic E-state index is -0.217. The average Bonchev–Trinajstić information content (AvgIpc) is 3.05. The highest BCUT2D eigenvalue weighted by Gasteiger charge is 2.19. The van der Waals surface area contributed by atoms with Crippen LogP contribution in [-0.2, 0) is 4.79 Å². The molecule has 2 heterocycles. The van der Waals surface area contributed by atoms with Crippen molar-refractivity contribution in [3.05, 3.63) is 34.2 Å². The van der Waals surface area contributed by atoms with Gasteiger partial charge in [-0.05, 0) is 44.0 Å². The molecule has 0 spiro atoms. The smallest absolute Gasteiger partial charge is 0.323 e. The number of carbonyl (C=O) groups is 1. The Morgan fingerprint density at radius 1 is 1.38 bits per heavy atom. The number of carbonyl (C=O) groups excluding carboxylic acids is 1. The molecule has 2 atom stereocenters. The molecule has 2 aromatic rings. The molecule has 2 unspecified atom stereocenters.